The molecule has 1 heterocycles. The van der Waals surface area contributed by atoms with Gasteiger partial charge in [-0.05, 0) is 41.3 Å². The first-order chi connectivity index (χ1) is 6.12. The van der Waals surface area contributed by atoms with Gasteiger partial charge in [0.1, 0.15) is 0 Å². The molecule has 0 amide bonds. The molecule has 0 bridgehead atoms. The van der Waals surface area contributed by atoms with E-state index in [1.165, 1.54) is 6.42 Å². The Balaban J connectivity index is 2.40. The first-order valence-electron chi connectivity index (χ1n) is 4.22. The second-order valence-electron chi connectivity index (χ2n) is 3.49. The molecule has 13 heavy (non-hydrogen) atoms. The smallest absolute Gasteiger partial charge is 0.0789 e. The molecule has 0 saturated heterocycles. The molecule has 0 radical (unpaired) electrons. The Morgan fingerprint density at radius 1 is 1.54 bits per heavy atom. The largest absolute Gasteiger partial charge is 0.320 e. The van der Waals surface area contributed by atoms with Gasteiger partial charge in [-0.2, -0.15) is 0 Å². The van der Waals surface area contributed by atoms with E-state index >= 15 is 0 Å². The van der Waals surface area contributed by atoms with Crippen molar-refractivity contribution in [2.75, 3.05) is 0 Å². The lowest BCUT2D eigenvalue weighted by Crippen LogP contribution is -2.44. The minimum Gasteiger partial charge on any atom is -0.320 e. The highest BCUT2D eigenvalue weighted by Gasteiger charge is 2.37. The highest BCUT2D eigenvalue weighted by atomic mass is 79.9. The molecule has 2 rings (SSSR count). The van der Waals surface area contributed by atoms with Crippen LogP contribution in [0.15, 0.2) is 16.7 Å². The van der Waals surface area contributed by atoms with Crippen molar-refractivity contribution >= 4 is 27.5 Å². The summed E-state index contributed by atoms with van der Waals surface area (Å²) < 4.78 is 0.893. The third kappa shape index (κ3) is 1.60. The van der Waals surface area contributed by atoms with Crippen LogP contribution in [0.3, 0.4) is 0 Å². The Morgan fingerprint density at radius 3 is 2.69 bits per heavy atom. The van der Waals surface area contributed by atoms with Gasteiger partial charge in [0.2, 0.25) is 0 Å². The Hall–Kier alpha value is -0.120. The van der Waals surface area contributed by atoms with E-state index in [1.807, 2.05) is 6.07 Å². The summed E-state index contributed by atoms with van der Waals surface area (Å²) >= 11 is 9.37. The van der Waals surface area contributed by atoms with E-state index in [2.05, 4.69) is 20.9 Å². The molecule has 1 fully saturated rings. The zero-order valence-corrected chi connectivity index (χ0v) is 9.40. The lowest BCUT2D eigenvalue weighted by atomic mass is 9.75. The molecule has 2 N–H and O–H groups in total. The summed E-state index contributed by atoms with van der Waals surface area (Å²) in [6.45, 7) is 0. The Labute approximate surface area is 90.6 Å². The van der Waals surface area contributed by atoms with Gasteiger partial charge in [0.25, 0.3) is 0 Å². The first kappa shape index (κ1) is 9.44. The molecule has 0 spiro atoms. The van der Waals surface area contributed by atoms with Gasteiger partial charge in [0.05, 0.1) is 16.3 Å². The number of rotatable bonds is 1. The van der Waals surface area contributed by atoms with Gasteiger partial charge in [-0.15, -0.1) is 0 Å². The zero-order chi connectivity index (χ0) is 9.47. The van der Waals surface area contributed by atoms with Crippen LogP contribution in [0.2, 0.25) is 5.02 Å². The lowest BCUT2D eigenvalue weighted by Gasteiger charge is -2.37. The predicted octanol–water partition coefficient (Wildman–Crippen LogP) is 2.84. The van der Waals surface area contributed by atoms with E-state index in [4.69, 9.17) is 17.3 Å². The van der Waals surface area contributed by atoms with Crippen molar-refractivity contribution in [2.45, 2.75) is 24.8 Å². The van der Waals surface area contributed by atoms with Crippen LogP contribution in [0.5, 0.6) is 0 Å². The van der Waals surface area contributed by atoms with Crippen LogP contribution in [0.1, 0.15) is 25.0 Å². The van der Waals surface area contributed by atoms with Crippen molar-refractivity contribution in [1.29, 1.82) is 0 Å². The van der Waals surface area contributed by atoms with Gasteiger partial charge in [0, 0.05) is 10.7 Å². The third-order valence-corrected chi connectivity index (χ3v) is 3.25. The molecule has 1 aromatic rings. The molecule has 0 atom stereocenters. The lowest BCUT2D eigenvalue weighted by molar-refractivity contribution is 0.246. The molecule has 4 heteroatoms. The summed E-state index contributed by atoms with van der Waals surface area (Å²) in [5.74, 6) is 0. The third-order valence-electron chi connectivity index (χ3n) is 2.53. The quantitative estimate of drug-likeness (QED) is 0.844. The average molecular weight is 262 g/mol. The molecule has 1 aliphatic rings. The summed E-state index contributed by atoms with van der Waals surface area (Å²) in [7, 11) is 0. The summed E-state index contributed by atoms with van der Waals surface area (Å²) in [4.78, 5) is 4.27. The molecular weight excluding hydrogens is 251 g/mol. The highest BCUT2D eigenvalue weighted by Crippen LogP contribution is 2.40. The van der Waals surface area contributed by atoms with Crippen molar-refractivity contribution in [3.05, 3.63) is 27.5 Å². The standard InChI is InChI=1S/C9H10BrClN2/c10-6-4-7(11)8(13-5-6)9(12)2-1-3-9/h4-5H,1-3,12H2. The van der Waals surface area contributed by atoms with Crippen LogP contribution in [0, 0.1) is 0 Å². The first-order valence-corrected chi connectivity index (χ1v) is 5.39. The van der Waals surface area contributed by atoms with E-state index in [1.54, 1.807) is 6.20 Å². The normalized spacial score (nSPS) is 19.6. The number of aromatic nitrogens is 1. The van der Waals surface area contributed by atoms with Crippen LogP contribution in [-0.2, 0) is 5.54 Å². The minimum atomic E-state index is -0.266. The molecule has 0 unspecified atom stereocenters. The number of hydrogen-bond donors (Lipinski definition) is 1. The summed E-state index contributed by atoms with van der Waals surface area (Å²) in [6, 6.07) is 1.84. The fourth-order valence-corrected chi connectivity index (χ4v) is 2.39. The average Bonchev–Trinajstić information content (AvgIpc) is 2.00. The molecular formula is C9H10BrClN2. The molecule has 1 saturated carbocycles. The molecule has 0 aliphatic heterocycles. The fraction of sp³-hybridized carbons (Fsp3) is 0.444. The summed E-state index contributed by atoms with van der Waals surface area (Å²) in [5, 5.41) is 0.663. The number of nitrogens with two attached hydrogens (primary N) is 1. The van der Waals surface area contributed by atoms with Gasteiger partial charge < -0.3 is 5.73 Å². The maximum Gasteiger partial charge on any atom is 0.0789 e. The predicted molar refractivity (Wildman–Crippen MR) is 56.7 cm³/mol. The van der Waals surface area contributed by atoms with E-state index in [0.717, 1.165) is 23.0 Å². The van der Waals surface area contributed by atoms with Crippen molar-refractivity contribution in [1.82, 2.24) is 4.98 Å². The van der Waals surface area contributed by atoms with Crippen molar-refractivity contribution in [2.24, 2.45) is 5.73 Å². The minimum absolute atomic E-state index is 0.266. The van der Waals surface area contributed by atoms with Crippen molar-refractivity contribution in [3.63, 3.8) is 0 Å². The Morgan fingerprint density at radius 2 is 2.23 bits per heavy atom. The molecule has 2 nitrogen and oxygen atoms in total. The monoisotopic (exact) mass is 260 g/mol. The van der Waals surface area contributed by atoms with Crippen molar-refractivity contribution < 1.29 is 0 Å². The van der Waals surface area contributed by atoms with Crippen molar-refractivity contribution in [3.8, 4) is 0 Å². The molecule has 70 valence electrons. The second kappa shape index (κ2) is 3.23. The number of pyridine rings is 1. The molecule has 1 aromatic heterocycles. The maximum absolute atomic E-state index is 6.11. The van der Waals surface area contributed by atoms with Gasteiger partial charge in [-0.1, -0.05) is 11.6 Å². The number of hydrogen-bond acceptors (Lipinski definition) is 2. The van der Waals surface area contributed by atoms with Crippen LogP contribution in [0.4, 0.5) is 0 Å². The van der Waals surface area contributed by atoms with E-state index in [9.17, 15) is 0 Å². The van der Waals surface area contributed by atoms with Crippen LogP contribution in [-0.4, -0.2) is 4.98 Å². The van der Waals surface area contributed by atoms with Gasteiger partial charge in [-0.3, -0.25) is 4.98 Å². The Kier molecular flexibility index (Phi) is 2.34. The van der Waals surface area contributed by atoms with Crippen LogP contribution in [0.25, 0.3) is 0 Å². The van der Waals surface area contributed by atoms with Gasteiger partial charge in [0.15, 0.2) is 0 Å². The van der Waals surface area contributed by atoms with Crippen LogP contribution < -0.4 is 5.73 Å². The van der Waals surface area contributed by atoms with Gasteiger partial charge in [-0.25, -0.2) is 0 Å². The maximum atomic E-state index is 6.11. The summed E-state index contributed by atoms with van der Waals surface area (Å²) in [6.07, 6.45) is 4.89. The zero-order valence-electron chi connectivity index (χ0n) is 7.06. The molecule has 1 aliphatic carbocycles. The van der Waals surface area contributed by atoms with Gasteiger partial charge >= 0.3 is 0 Å². The molecule has 0 aromatic carbocycles. The number of halogens is 2. The summed E-state index contributed by atoms with van der Waals surface area (Å²) in [5.41, 5.74) is 6.68. The highest BCUT2D eigenvalue weighted by molar-refractivity contribution is 9.10. The second-order valence-corrected chi connectivity index (χ2v) is 4.82. The number of nitrogens with zero attached hydrogens (tertiary/aromatic N) is 1. The fourth-order valence-electron chi connectivity index (χ4n) is 1.58. The van der Waals surface area contributed by atoms with E-state index in [0.29, 0.717) is 5.02 Å². The van der Waals surface area contributed by atoms with E-state index in [-0.39, 0.29) is 5.54 Å². The Bertz CT molecular complexity index is 336. The SMILES string of the molecule is NC1(c2ncc(Br)cc2Cl)CCC1. The van der Waals surface area contributed by atoms with E-state index < -0.39 is 0 Å². The topological polar surface area (TPSA) is 38.9 Å². The van der Waals surface area contributed by atoms with Crippen LogP contribution >= 0.6 is 27.5 Å².